The minimum Gasteiger partial charge on any atom is -0.439 e. The van der Waals surface area contributed by atoms with E-state index in [1.165, 1.54) is 5.56 Å². The number of nitrogens with one attached hydrogen (secondary N) is 2. The predicted molar refractivity (Wildman–Crippen MR) is 103 cm³/mol. The Hall–Kier alpha value is -2.60. The van der Waals surface area contributed by atoms with Crippen LogP contribution in [0.1, 0.15) is 25.8 Å². The van der Waals surface area contributed by atoms with E-state index in [-0.39, 0.29) is 23.6 Å². The zero-order valence-corrected chi connectivity index (χ0v) is 15.9. The molecule has 27 heavy (non-hydrogen) atoms. The third-order valence-electron chi connectivity index (χ3n) is 5.62. The molecule has 4 rings (SSSR count). The molecule has 6 heteroatoms. The highest BCUT2D eigenvalue weighted by molar-refractivity contribution is 5.89. The predicted octanol–water partition coefficient (Wildman–Crippen LogP) is 4.12. The molecule has 1 aromatic carbocycles. The molecule has 1 aliphatic heterocycles. The molecule has 0 spiro atoms. The highest BCUT2D eigenvalue weighted by Crippen LogP contribution is 2.52. The molecule has 2 fully saturated rings. The van der Waals surface area contributed by atoms with Crippen LogP contribution in [0.2, 0.25) is 0 Å². The zero-order chi connectivity index (χ0) is 19.0. The molecular weight excluding hydrogens is 342 g/mol. The van der Waals surface area contributed by atoms with Crippen molar-refractivity contribution < 1.29 is 14.3 Å². The standard InChI is InChI=1S/C21H25N3O3/c1-13-4-7-15(8-5-13)27-17-9-6-14(12-22-17)23-20(25)24-18-16-10-11-26-19(16)21(18,2)3/h4-9,12,16,18-19H,10-11H2,1-3H3,(H2,23,24,25). The van der Waals surface area contributed by atoms with Gasteiger partial charge in [0.2, 0.25) is 5.88 Å². The van der Waals surface area contributed by atoms with Crippen molar-refractivity contribution in [2.45, 2.75) is 39.3 Å². The van der Waals surface area contributed by atoms with Crippen LogP contribution in [0.15, 0.2) is 42.6 Å². The Kier molecular flexibility index (Phi) is 4.52. The van der Waals surface area contributed by atoms with Crippen molar-refractivity contribution >= 4 is 11.7 Å². The van der Waals surface area contributed by atoms with Crippen molar-refractivity contribution in [3.8, 4) is 11.6 Å². The molecular formula is C21H25N3O3. The molecule has 142 valence electrons. The molecule has 3 atom stereocenters. The quantitative estimate of drug-likeness (QED) is 0.853. The van der Waals surface area contributed by atoms with Crippen LogP contribution in [0.5, 0.6) is 11.6 Å². The molecule has 2 heterocycles. The minimum atomic E-state index is -0.215. The van der Waals surface area contributed by atoms with E-state index in [1.54, 1.807) is 18.3 Å². The number of ether oxygens (including phenoxy) is 2. The van der Waals surface area contributed by atoms with Gasteiger partial charge in [0.15, 0.2) is 0 Å². The summed E-state index contributed by atoms with van der Waals surface area (Å²) in [4.78, 5) is 16.6. The summed E-state index contributed by atoms with van der Waals surface area (Å²) in [7, 11) is 0. The molecule has 1 saturated heterocycles. The first-order valence-electron chi connectivity index (χ1n) is 9.33. The van der Waals surface area contributed by atoms with Gasteiger partial charge in [0.1, 0.15) is 5.75 Å². The average Bonchev–Trinajstić information content (AvgIpc) is 3.11. The van der Waals surface area contributed by atoms with Gasteiger partial charge in [-0.2, -0.15) is 0 Å². The highest BCUT2D eigenvalue weighted by atomic mass is 16.5. The molecule has 2 amide bonds. The first kappa shape index (κ1) is 17.8. The number of amides is 2. The summed E-state index contributed by atoms with van der Waals surface area (Å²) in [5, 5.41) is 5.95. The van der Waals surface area contributed by atoms with Gasteiger partial charge >= 0.3 is 6.03 Å². The van der Waals surface area contributed by atoms with Crippen LogP contribution < -0.4 is 15.4 Å². The second-order valence-electron chi connectivity index (χ2n) is 7.94. The number of pyridine rings is 1. The third-order valence-corrected chi connectivity index (χ3v) is 5.62. The summed E-state index contributed by atoms with van der Waals surface area (Å²) in [6, 6.07) is 11.2. The van der Waals surface area contributed by atoms with Gasteiger partial charge in [-0.25, -0.2) is 9.78 Å². The Balaban J connectivity index is 1.33. The maximum Gasteiger partial charge on any atom is 0.319 e. The number of benzene rings is 1. The summed E-state index contributed by atoms with van der Waals surface area (Å²) < 4.78 is 11.5. The maximum atomic E-state index is 12.4. The number of fused-ring (bicyclic) bond motifs is 1. The van der Waals surface area contributed by atoms with Gasteiger partial charge < -0.3 is 20.1 Å². The molecule has 2 N–H and O–H groups in total. The molecule has 1 aromatic heterocycles. The maximum absolute atomic E-state index is 12.4. The molecule has 3 unspecified atom stereocenters. The van der Waals surface area contributed by atoms with Crippen molar-refractivity contribution in [3.63, 3.8) is 0 Å². The molecule has 6 nitrogen and oxygen atoms in total. The number of aromatic nitrogens is 1. The summed E-state index contributed by atoms with van der Waals surface area (Å²) >= 11 is 0. The molecule has 2 aromatic rings. The number of carbonyl (C=O) groups is 1. The van der Waals surface area contributed by atoms with E-state index >= 15 is 0 Å². The van der Waals surface area contributed by atoms with Crippen LogP contribution in [0, 0.1) is 18.3 Å². The molecule has 2 aliphatic rings. The molecule has 1 aliphatic carbocycles. The fourth-order valence-electron chi connectivity index (χ4n) is 4.17. The average molecular weight is 367 g/mol. The lowest BCUT2D eigenvalue weighted by atomic mass is 9.57. The van der Waals surface area contributed by atoms with Gasteiger partial charge in [-0.15, -0.1) is 0 Å². The number of hydrogen-bond donors (Lipinski definition) is 2. The van der Waals surface area contributed by atoms with Crippen LogP contribution in [0.4, 0.5) is 10.5 Å². The number of carbonyl (C=O) groups excluding carboxylic acids is 1. The van der Waals surface area contributed by atoms with Crippen LogP contribution >= 0.6 is 0 Å². The van der Waals surface area contributed by atoms with E-state index in [0.717, 1.165) is 18.8 Å². The largest absolute Gasteiger partial charge is 0.439 e. The van der Waals surface area contributed by atoms with E-state index in [0.29, 0.717) is 17.5 Å². The Morgan fingerprint density at radius 3 is 2.70 bits per heavy atom. The van der Waals surface area contributed by atoms with Crippen molar-refractivity contribution in [1.29, 1.82) is 0 Å². The van der Waals surface area contributed by atoms with Crippen LogP contribution in [-0.2, 0) is 4.74 Å². The summed E-state index contributed by atoms with van der Waals surface area (Å²) in [5.74, 6) is 1.62. The van der Waals surface area contributed by atoms with Crippen molar-refractivity contribution in [3.05, 3.63) is 48.2 Å². The Bertz CT molecular complexity index is 818. The van der Waals surface area contributed by atoms with E-state index < -0.39 is 0 Å². The fraction of sp³-hybridized carbons (Fsp3) is 0.429. The molecule has 0 bridgehead atoms. The van der Waals surface area contributed by atoms with Crippen LogP contribution in [0.25, 0.3) is 0 Å². The van der Waals surface area contributed by atoms with Gasteiger partial charge in [0.25, 0.3) is 0 Å². The Labute approximate surface area is 159 Å². The van der Waals surface area contributed by atoms with E-state index in [4.69, 9.17) is 9.47 Å². The van der Waals surface area contributed by atoms with Gasteiger partial charge in [-0.1, -0.05) is 31.5 Å². The molecule has 1 saturated carbocycles. The highest BCUT2D eigenvalue weighted by Gasteiger charge is 2.59. The first-order chi connectivity index (χ1) is 12.9. The Morgan fingerprint density at radius 2 is 2.00 bits per heavy atom. The normalized spacial score (nSPS) is 25.2. The summed E-state index contributed by atoms with van der Waals surface area (Å²) in [5.41, 5.74) is 1.76. The minimum absolute atomic E-state index is 0.0392. The topological polar surface area (TPSA) is 72.5 Å². The lowest BCUT2D eigenvalue weighted by Crippen LogP contribution is -2.67. The summed E-state index contributed by atoms with van der Waals surface area (Å²) in [6.07, 6.45) is 2.85. The van der Waals surface area contributed by atoms with E-state index in [1.807, 2.05) is 31.2 Å². The summed E-state index contributed by atoms with van der Waals surface area (Å²) in [6.45, 7) is 7.09. The Morgan fingerprint density at radius 1 is 1.22 bits per heavy atom. The smallest absolute Gasteiger partial charge is 0.319 e. The van der Waals surface area contributed by atoms with E-state index in [9.17, 15) is 4.79 Å². The third kappa shape index (κ3) is 3.49. The lowest BCUT2D eigenvalue weighted by Gasteiger charge is -2.54. The monoisotopic (exact) mass is 367 g/mol. The van der Waals surface area contributed by atoms with Crippen molar-refractivity contribution in [1.82, 2.24) is 10.3 Å². The van der Waals surface area contributed by atoms with Gasteiger partial charge in [0.05, 0.1) is 18.0 Å². The van der Waals surface area contributed by atoms with E-state index in [2.05, 4.69) is 29.5 Å². The number of aryl methyl sites for hydroxylation is 1. The van der Waals surface area contributed by atoms with Crippen molar-refractivity contribution in [2.24, 2.45) is 11.3 Å². The second-order valence-corrected chi connectivity index (χ2v) is 7.94. The van der Waals surface area contributed by atoms with Crippen LogP contribution in [-0.4, -0.2) is 29.8 Å². The lowest BCUT2D eigenvalue weighted by molar-refractivity contribution is -0.107. The zero-order valence-electron chi connectivity index (χ0n) is 15.9. The first-order valence-corrected chi connectivity index (χ1v) is 9.33. The van der Waals surface area contributed by atoms with Crippen LogP contribution in [0.3, 0.4) is 0 Å². The number of hydrogen-bond acceptors (Lipinski definition) is 4. The number of rotatable bonds is 4. The van der Waals surface area contributed by atoms with Gasteiger partial charge in [0, 0.05) is 30.0 Å². The number of urea groups is 1. The number of nitrogens with zero attached hydrogens (tertiary/aromatic N) is 1. The number of anilines is 1. The van der Waals surface area contributed by atoms with Gasteiger partial charge in [-0.3, -0.25) is 0 Å². The molecule has 0 radical (unpaired) electrons. The SMILES string of the molecule is Cc1ccc(Oc2ccc(NC(=O)NC3C4CCOC4C3(C)C)cn2)cc1. The fourth-order valence-corrected chi connectivity index (χ4v) is 4.17. The van der Waals surface area contributed by atoms with Crippen molar-refractivity contribution in [2.75, 3.05) is 11.9 Å². The van der Waals surface area contributed by atoms with Gasteiger partial charge in [-0.05, 0) is 31.5 Å². The second kappa shape index (κ2) is 6.85.